The molecule has 14 heavy (non-hydrogen) atoms. The van der Waals surface area contributed by atoms with Gasteiger partial charge in [0.2, 0.25) is 5.91 Å². The number of hydrogen-bond donors (Lipinski definition) is 2. The van der Waals surface area contributed by atoms with E-state index >= 15 is 0 Å². The minimum atomic E-state index is -0.880. The number of carboxylic acid groups (broad SMARTS) is 1. The van der Waals surface area contributed by atoms with E-state index in [9.17, 15) is 9.59 Å². The summed E-state index contributed by atoms with van der Waals surface area (Å²) in [5, 5.41) is 11.2. The van der Waals surface area contributed by atoms with Crippen LogP contribution < -0.4 is 5.32 Å². The van der Waals surface area contributed by atoms with E-state index in [-0.39, 0.29) is 12.5 Å². The molecule has 0 aromatic carbocycles. The molecule has 0 aliphatic carbocycles. The van der Waals surface area contributed by atoms with Crippen LogP contribution in [0.5, 0.6) is 0 Å². The first-order valence-electron chi connectivity index (χ1n) is 4.93. The fourth-order valence-corrected chi connectivity index (χ4v) is 0.862. The van der Waals surface area contributed by atoms with Crippen molar-refractivity contribution in [2.24, 2.45) is 11.8 Å². The molecule has 0 bridgehead atoms. The molecule has 0 aliphatic rings. The molecule has 82 valence electrons. The molecule has 0 spiro atoms. The van der Waals surface area contributed by atoms with Gasteiger partial charge in [0.1, 0.15) is 0 Å². The Balaban J connectivity index is 3.59. The first kappa shape index (κ1) is 12.9. The molecule has 0 saturated heterocycles. The number of aliphatic carboxylic acids is 1. The van der Waals surface area contributed by atoms with Crippen LogP contribution in [0.4, 0.5) is 0 Å². The Morgan fingerprint density at radius 3 is 2.29 bits per heavy atom. The predicted octanol–water partition coefficient (Wildman–Crippen LogP) is 1.26. The van der Waals surface area contributed by atoms with Crippen molar-refractivity contribution < 1.29 is 14.7 Å². The molecular formula is C10H19NO3. The number of nitrogens with one attached hydrogen (secondary N) is 1. The van der Waals surface area contributed by atoms with E-state index in [1.165, 1.54) is 0 Å². The fraction of sp³-hybridized carbons (Fsp3) is 0.800. The minimum Gasteiger partial charge on any atom is -0.481 e. The van der Waals surface area contributed by atoms with E-state index in [0.717, 1.165) is 6.42 Å². The van der Waals surface area contributed by atoms with Crippen molar-refractivity contribution in [3.63, 3.8) is 0 Å². The number of carboxylic acids is 1. The summed E-state index contributed by atoms with van der Waals surface area (Å²) in [5.74, 6) is -0.961. The van der Waals surface area contributed by atoms with Gasteiger partial charge >= 0.3 is 5.97 Å². The van der Waals surface area contributed by atoms with Gasteiger partial charge in [-0.3, -0.25) is 9.59 Å². The first-order chi connectivity index (χ1) is 6.43. The highest BCUT2D eigenvalue weighted by Crippen LogP contribution is 2.03. The van der Waals surface area contributed by atoms with E-state index in [1.807, 2.05) is 13.8 Å². The van der Waals surface area contributed by atoms with Crippen LogP contribution in [-0.4, -0.2) is 23.5 Å². The highest BCUT2D eigenvalue weighted by Gasteiger charge is 2.11. The highest BCUT2D eigenvalue weighted by atomic mass is 16.4. The largest absolute Gasteiger partial charge is 0.481 e. The van der Waals surface area contributed by atoms with Crippen LogP contribution in [0, 0.1) is 11.8 Å². The standard InChI is InChI=1S/C10H19NO3/c1-7(2)4-5-9(12)11-6-8(3)10(13)14/h7-8H,4-6H2,1-3H3,(H,11,12)(H,13,14). The van der Waals surface area contributed by atoms with Crippen LogP contribution in [-0.2, 0) is 9.59 Å². The van der Waals surface area contributed by atoms with Gasteiger partial charge in [-0.2, -0.15) is 0 Å². The average Bonchev–Trinajstić information content (AvgIpc) is 2.10. The molecule has 0 heterocycles. The van der Waals surface area contributed by atoms with Gasteiger partial charge in [0.15, 0.2) is 0 Å². The molecule has 0 saturated carbocycles. The lowest BCUT2D eigenvalue weighted by Crippen LogP contribution is -2.31. The Kier molecular flexibility index (Phi) is 5.92. The average molecular weight is 201 g/mol. The van der Waals surface area contributed by atoms with Crippen molar-refractivity contribution in [1.82, 2.24) is 5.32 Å². The van der Waals surface area contributed by atoms with Crippen molar-refractivity contribution in [3.8, 4) is 0 Å². The van der Waals surface area contributed by atoms with Gasteiger partial charge in [0, 0.05) is 13.0 Å². The number of hydrogen-bond acceptors (Lipinski definition) is 2. The van der Waals surface area contributed by atoms with Gasteiger partial charge in [-0.1, -0.05) is 20.8 Å². The summed E-state index contributed by atoms with van der Waals surface area (Å²) in [6.07, 6.45) is 1.32. The molecule has 0 fully saturated rings. The maximum atomic E-state index is 11.2. The van der Waals surface area contributed by atoms with Crippen LogP contribution in [0.25, 0.3) is 0 Å². The zero-order valence-corrected chi connectivity index (χ0v) is 9.04. The van der Waals surface area contributed by atoms with Crippen molar-refractivity contribution in [2.45, 2.75) is 33.6 Å². The maximum absolute atomic E-state index is 11.2. The Morgan fingerprint density at radius 2 is 1.86 bits per heavy atom. The summed E-state index contributed by atoms with van der Waals surface area (Å²) < 4.78 is 0. The zero-order chi connectivity index (χ0) is 11.1. The van der Waals surface area contributed by atoms with Crippen LogP contribution in [0.1, 0.15) is 33.6 Å². The van der Waals surface area contributed by atoms with Gasteiger partial charge in [-0.05, 0) is 12.3 Å². The van der Waals surface area contributed by atoms with Gasteiger partial charge in [-0.15, -0.1) is 0 Å². The lowest BCUT2D eigenvalue weighted by Gasteiger charge is -2.09. The lowest BCUT2D eigenvalue weighted by atomic mass is 10.1. The third kappa shape index (κ3) is 6.46. The number of carbonyl (C=O) groups excluding carboxylic acids is 1. The van der Waals surface area contributed by atoms with E-state index < -0.39 is 11.9 Å². The summed E-state index contributed by atoms with van der Waals surface area (Å²) >= 11 is 0. The van der Waals surface area contributed by atoms with Crippen LogP contribution in [0.2, 0.25) is 0 Å². The summed E-state index contributed by atoms with van der Waals surface area (Å²) in [7, 11) is 0. The lowest BCUT2D eigenvalue weighted by molar-refractivity contribution is -0.141. The first-order valence-corrected chi connectivity index (χ1v) is 4.93. The topological polar surface area (TPSA) is 66.4 Å². The Labute approximate surface area is 84.7 Å². The second kappa shape index (κ2) is 6.40. The van der Waals surface area contributed by atoms with Crippen LogP contribution in [0.3, 0.4) is 0 Å². The van der Waals surface area contributed by atoms with Gasteiger partial charge in [0.05, 0.1) is 5.92 Å². The van der Waals surface area contributed by atoms with Gasteiger partial charge in [-0.25, -0.2) is 0 Å². The Bertz CT molecular complexity index is 202. The van der Waals surface area contributed by atoms with E-state index in [4.69, 9.17) is 5.11 Å². The third-order valence-electron chi connectivity index (χ3n) is 1.98. The molecule has 1 atom stereocenters. The molecule has 1 amide bonds. The summed E-state index contributed by atoms with van der Waals surface area (Å²) in [6, 6.07) is 0. The van der Waals surface area contributed by atoms with E-state index in [2.05, 4.69) is 5.32 Å². The second-order valence-electron chi connectivity index (χ2n) is 3.98. The Hall–Kier alpha value is -1.06. The molecule has 0 radical (unpaired) electrons. The normalized spacial score (nSPS) is 12.6. The van der Waals surface area contributed by atoms with Crippen molar-refractivity contribution >= 4 is 11.9 Å². The molecule has 1 unspecified atom stereocenters. The SMILES string of the molecule is CC(C)CCC(=O)NCC(C)C(=O)O. The van der Waals surface area contributed by atoms with E-state index in [0.29, 0.717) is 12.3 Å². The molecule has 0 aromatic rings. The molecule has 0 aliphatic heterocycles. The van der Waals surface area contributed by atoms with Crippen molar-refractivity contribution in [2.75, 3.05) is 6.54 Å². The summed E-state index contributed by atoms with van der Waals surface area (Å²) in [6.45, 7) is 5.89. The number of amides is 1. The smallest absolute Gasteiger partial charge is 0.308 e. The molecule has 4 nitrogen and oxygen atoms in total. The minimum absolute atomic E-state index is 0.0631. The maximum Gasteiger partial charge on any atom is 0.308 e. The molecular weight excluding hydrogens is 182 g/mol. The van der Waals surface area contributed by atoms with Crippen molar-refractivity contribution in [3.05, 3.63) is 0 Å². The van der Waals surface area contributed by atoms with Gasteiger partial charge < -0.3 is 10.4 Å². The second-order valence-corrected chi connectivity index (χ2v) is 3.98. The van der Waals surface area contributed by atoms with Crippen molar-refractivity contribution in [1.29, 1.82) is 0 Å². The highest BCUT2D eigenvalue weighted by molar-refractivity contribution is 5.77. The predicted molar refractivity (Wildman–Crippen MR) is 53.9 cm³/mol. The van der Waals surface area contributed by atoms with Gasteiger partial charge in [0.25, 0.3) is 0 Å². The molecule has 2 N–H and O–H groups in total. The molecule has 0 rings (SSSR count). The summed E-state index contributed by atoms with van der Waals surface area (Å²) in [5.41, 5.74) is 0. The monoisotopic (exact) mass is 201 g/mol. The quantitative estimate of drug-likeness (QED) is 0.680. The number of rotatable bonds is 6. The van der Waals surface area contributed by atoms with Crippen LogP contribution in [0.15, 0.2) is 0 Å². The van der Waals surface area contributed by atoms with E-state index in [1.54, 1.807) is 6.92 Å². The molecule has 0 aromatic heterocycles. The molecule has 4 heteroatoms. The zero-order valence-electron chi connectivity index (χ0n) is 9.04. The summed E-state index contributed by atoms with van der Waals surface area (Å²) in [4.78, 5) is 21.6. The fourth-order valence-electron chi connectivity index (χ4n) is 0.862. The third-order valence-corrected chi connectivity index (χ3v) is 1.98. The number of carbonyl (C=O) groups is 2. The Morgan fingerprint density at radius 1 is 1.29 bits per heavy atom. The van der Waals surface area contributed by atoms with Crippen LogP contribution >= 0.6 is 0 Å².